The van der Waals surface area contributed by atoms with Gasteiger partial charge in [0.05, 0.1) is 20.3 Å². The van der Waals surface area contributed by atoms with Crippen LogP contribution in [0.1, 0.15) is 61.8 Å². The topological polar surface area (TPSA) is 83.4 Å². The molecular formula is C19H27N3O3. The zero-order valence-electron chi connectivity index (χ0n) is 15.0. The van der Waals surface area contributed by atoms with E-state index < -0.39 is 0 Å². The van der Waals surface area contributed by atoms with Crippen molar-refractivity contribution in [3.05, 3.63) is 35.5 Å². The Kier molecular flexibility index (Phi) is 5.91. The van der Waals surface area contributed by atoms with Crippen LogP contribution in [-0.4, -0.2) is 24.4 Å². The van der Waals surface area contributed by atoms with Crippen LogP contribution >= 0.6 is 0 Å². The molecule has 25 heavy (non-hydrogen) atoms. The van der Waals surface area contributed by atoms with Crippen LogP contribution in [0, 0.1) is 5.92 Å². The van der Waals surface area contributed by atoms with Gasteiger partial charge in [-0.15, -0.1) is 0 Å². The molecule has 1 atom stereocenters. The van der Waals surface area contributed by atoms with Gasteiger partial charge >= 0.3 is 0 Å². The first-order chi connectivity index (χ1) is 12.2. The molecule has 1 saturated carbocycles. The summed E-state index contributed by atoms with van der Waals surface area (Å²) < 4.78 is 16.0. The highest BCUT2D eigenvalue weighted by Gasteiger charge is 2.21. The van der Waals surface area contributed by atoms with Crippen molar-refractivity contribution in [2.45, 2.75) is 51.0 Å². The molecule has 3 rings (SSSR count). The minimum Gasteiger partial charge on any atom is -0.493 e. The Hall–Kier alpha value is -2.08. The summed E-state index contributed by atoms with van der Waals surface area (Å²) in [5.74, 6) is 3.26. The monoisotopic (exact) mass is 345 g/mol. The van der Waals surface area contributed by atoms with Crippen molar-refractivity contribution in [2.75, 3.05) is 14.2 Å². The molecule has 6 heteroatoms. The van der Waals surface area contributed by atoms with Crippen LogP contribution in [0.2, 0.25) is 0 Å². The minimum atomic E-state index is -0.172. The van der Waals surface area contributed by atoms with Gasteiger partial charge in [0.1, 0.15) is 0 Å². The largest absolute Gasteiger partial charge is 0.493 e. The van der Waals surface area contributed by atoms with Crippen molar-refractivity contribution < 1.29 is 14.0 Å². The van der Waals surface area contributed by atoms with Gasteiger partial charge in [-0.2, -0.15) is 4.98 Å². The second kappa shape index (κ2) is 8.34. The number of aromatic nitrogens is 2. The quantitative estimate of drug-likeness (QED) is 0.825. The fraction of sp³-hybridized carbons (Fsp3) is 0.579. The Balaban J connectivity index is 1.63. The predicted molar refractivity (Wildman–Crippen MR) is 94.8 cm³/mol. The zero-order chi connectivity index (χ0) is 17.6. The lowest BCUT2D eigenvalue weighted by Crippen LogP contribution is -2.17. The van der Waals surface area contributed by atoms with Crippen LogP contribution in [0.5, 0.6) is 11.5 Å². The molecule has 136 valence electrons. The van der Waals surface area contributed by atoms with Crippen LogP contribution in [0.3, 0.4) is 0 Å². The Morgan fingerprint density at radius 2 is 1.92 bits per heavy atom. The average molecular weight is 345 g/mol. The molecule has 0 bridgehead atoms. The third-order valence-electron chi connectivity index (χ3n) is 4.92. The Morgan fingerprint density at radius 3 is 2.64 bits per heavy atom. The maximum absolute atomic E-state index is 6.28. The van der Waals surface area contributed by atoms with Gasteiger partial charge in [-0.05, 0) is 30.0 Å². The number of nitrogens with two attached hydrogens (primary N) is 1. The normalized spacial score (nSPS) is 16.6. The summed E-state index contributed by atoms with van der Waals surface area (Å²) in [5, 5.41) is 4.09. The first-order valence-corrected chi connectivity index (χ1v) is 8.98. The molecule has 2 N–H and O–H groups in total. The summed E-state index contributed by atoms with van der Waals surface area (Å²) in [6.45, 7) is 0. The van der Waals surface area contributed by atoms with E-state index in [0.717, 1.165) is 12.0 Å². The first-order valence-electron chi connectivity index (χ1n) is 8.98. The van der Waals surface area contributed by atoms with Crippen molar-refractivity contribution in [3.63, 3.8) is 0 Å². The number of rotatable bonds is 7. The molecule has 1 aliphatic rings. The lowest BCUT2D eigenvalue weighted by molar-refractivity contribution is 0.283. The van der Waals surface area contributed by atoms with Crippen LogP contribution in [0.4, 0.5) is 0 Å². The molecule has 1 heterocycles. The summed E-state index contributed by atoms with van der Waals surface area (Å²) in [6, 6.07) is 5.61. The van der Waals surface area contributed by atoms with Gasteiger partial charge in [0, 0.05) is 6.42 Å². The molecule has 1 unspecified atom stereocenters. The van der Waals surface area contributed by atoms with E-state index in [1.54, 1.807) is 14.2 Å². The van der Waals surface area contributed by atoms with Crippen LogP contribution in [0.15, 0.2) is 22.7 Å². The number of hydrogen-bond acceptors (Lipinski definition) is 6. The predicted octanol–water partition coefficient (Wildman–Crippen LogP) is 3.65. The number of hydrogen-bond donors (Lipinski definition) is 1. The fourth-order valence-electron chi connectivity index (χ4n) is 3.55. The van der Waals surface area contributed by atoms with Gasteiger partial charge in [-0.25, -0.2) is 0 Å². The smallest absolute Gasteiger partial charge is 0.243 e. The first kappa shape index (κ1) is 17.7. The van der Waals surface area contributed by atoms with E-state index in [1.165, 1.54) is 32.1 Å². The molecule has 0 spiro atoms. The van der Waals surface area contributed by atoms with E-state index >= 15 is 0 Å². The van der Waals surface area contributed by atoms with Gasteiger partial charge in [0.2, 0.25) is 5.89 Å². The van der Waals surface area contributed by atoms with E-state index in [1.807, 2.05) is 18.2 Å². The van der Waals surface area contributed by atoms with Gasteiger partial charge in [-0.1, -0.05) is 43.3 Å². The van der Waals surface area contributed by atoms with E-state index in [2.05, 4.69) is 10.1 Å². The SMILES string of the molecule is COc1ccc(Cc2noc(C(N)CC3CCCCC3)n2)cc1OC. The highest BCUT2D eigenvalue weighted by Crippen LogP contribution is 2.31. The van der Waals surface area contributed by atoms with Crippen molar-refractivity contribution >= 4 is 0 Å². The number of nitrogens with zero attached hydrogens (tertiary/aromatic N) is 2. The molecule has 0 aliphatic heterocycles. The summed E-state index contributed by atoms with van der Waals surface area (Å²) in [4.78, 5) is 4.49. The molecular weight excluding hydrogens is 318 g/mol. The van der Waals surface area contributed by atoms with Crippen LogP contribution < -0.4 is 15.2 Å². The fourth-order valence-corrected chi connectivity index (χ4v) is 3.55. The van der Waals surface area contributed by atoms with E-state index in [0.29, 0.717) is 35.6 Å². The van der Waals surface area contributed by atoms with E-state index in [-0.39, 0.29) is 6.04 Å². The molecule has 6 nitrogen and oxygen atoms in total. The number of methoxy groups -OCH3 is 2. The van der Waals surface area contributed by atoms with Gasteiger partial charge in [-0.3, -0.25) is 0 Å². The third-order valence-corrected chi connectivity index (χ3v) is 4.92. The second-order valence-electron chi connectivity index (χ2n) is 6.76. The van der Waals surface area contributed by atoms with Crippen molar-refractivity contribution in [1.82, 2.24) is 10.1 Å². The summed E-state index contributed by atoms with van der Waals surface area (Å²) in [7, 11) is 3.25. The molecule has 1 aromatic heterocycles. The van der Waals surface area contributed by atoms with Crippen LogP contribution in [0.25, 0.3) is 0 Å². The van der Waals surface area contributed by atoms with Crippen LogP contribution in [-0.2, 0) is 6.42 Å². The molecule has 0 radical (unpaired) electrons. The van der Waals surface area contributed by atoms with E-state index in [9.17, 15) is 0 Å². The van der Waals surface area contributed by atoms with Gasteiger partial charge in [0.15, 0.2) is 17.3 Å². The Labute approximate surface area is 148 Å². The average Bonchev–Trinajstić information content (AvgIpc) is 3.11. The maximum Gasteiger partial charge on any atom is 0.243 e. The lowest BCUT2D eigenvalue weighted by atomic mass is 9.85. The number of ether oxygens (including phenoxy) is 2. The maximum atomic E-state index is 6.28. The minimum absolute atomic E-state index is 0.172. The van der Waals surface area contributed by atoms with Crippen molar-refractivity contribution in [1.29, 1.82) is 0 Å². The van der Waals surface area contributed by atoms with Crippen molar-refractivity contribution in [2.24, 2.45) is 11.7 Å². The highest BCUT2D eigenvalue weighted by atomic mass is 16.5. The lowest BCUT2D eigenvalue weighted by Gasteiger charge is -2.22. The Morgan fingerprint density at radius 1 is 1.16 bits per heavy atom. The van der Waals surface area contributed by atoms with Gasteiger partial charge in [0.25, 0.3) is 0 Å². The highest BCUT2D eigenvalue weighted by molar-refractivity contribution is 5.43. The standard InChI is InChI=1S/C19H27N3O3/c1-23-16-9-8-14(11-17(16)24-2)12-18-21-19(25-22-18)15(20)10-13-6-4-3-5-7-13/h8-9,11,13,15H,3-7,10,12,20H2,1-2H3. The second-order valence-corrected chi connectivity index (χ2v) is 6.76. The third kappa shape index (κ3) is 4.51. The summed E-state index contributed by atoms with van der Waals surface area (Å²) in [6.07, 6.45) is 8.00. The molecule has 0 saturated heterocycles. The van der Waals surface area contributed by atoms with Gasteiger partial charge < -0.3 is 19.7 Å². The zero-order valence-corrected chi connectivity index (χ0v) is 15.0. The van der Waals surface area contributed by atoms with E-state index in [4.69, 9.17) is 19.7 Å². The molecule has 0 amide bonds. The Bertz CT molecular complexity index is 680. The number of benzene rings is 1. The summed E-state index contributed by atoms with van der Waals surface area (Å²) >= 11 is 0. The van der Waals surface area contributed by atoms with Crippen molar-refractivity contribution in [3.8, 4) is 11.5 Å². The molecule has 2 aromatic rings. The molecule has 1 aliphatic carbocycles. The molecule has 1 fully saturated rings. The molecule has 1 aromatic carbocycles. The summed E-state index contributed by atoms with van der Waals surface area (Å²) in [5.41, 5.74) is 7.32.